The van der Waals surface area contributed by atoms with Crippen LogP contribution in [-0.4, -0.2) is 49.1 Å². The first-order chi connectivity index (χ1) is 10.9. The number of carbonyl (C=O) groups is 2. The van der Waals surface area contributed by atoms with E-state index in [1.807, 2.05) is 37.2 Å². The third-order valence-electron chi connectivity index (χ3n) is 4.06. The van der Waals surface area contributed by atoms with Crippen molar-refractivity contribution in [3.05, 3.63) is 34.9 Å². The molecule has 1 fully saturated rings. The Kier molecular flexibility index (Phi) is 5.66. The quantitative estimate of drug-likeness (QED) is 0.859. The molecule has 0 bridgehead atoms. The van der Waals surface area contributed by atoms with E-state index in [9.17, 15) is 9.59 Å². The second kappa shape index (κ2) is 7.51. The van der Waals surface area contributed by atoms with E-state index in [1.165, 1.54) is 6.08 Å². The molecule has 124 valence electrons. The van der Waals surface area contributed by atoms with Gasteiger partial charge in [-0.05, 0) is 36.6 Å². The third kappa shape index (κ3) is 4.48. The maximum absolute atomic E-state index is 12.2. The van der Waals surface area contributed by atoms with Gasteiger partial charge in [0.25, 0.3) is 0 Å². The number of carbonyl (C=O) groups excluding carboxylic acids is 1. The Balaban J connectivity index is 1.98. The van der Waals surface area contributed by atoms with E-state index in [0.29, 0.717) is 31.0 Å². The lowest BCUT2D eigenvalue weighted by molar-refractivity contribution is -0.144. The first kappa shape index (κ1) is 17.3. The van der Waals surface area contributed by atoms with E-state index in [4.69, 9.17) is 16.7 Å². The number of halogens is 1. The fourth-order valence-corrected chi connectivity index (χ4v) is 2.78. The smallest absolute Gasteiger partial charge is 0.306 e. The first-order valence-electron chi connectivity index (χ1n) is 7.55. The van der Waals surface area contributed by atoms with Crippen LogP contribution in [-0.2, 0) is 9.59 Å². The van der Waals surface area contributed by atoms with E-state index in [0.717, 1.165) is 11.3 Å². The minimum atomic E-state index is -0.777. The van der Waals surface area contributed by atoms with Gasteiger partial charge in [-0.25, -0.2) is 0 Å². The number of anilines is 1. The number of carboxylic acid groups (broad SMARTS) is 1. The number of piperidine rings is 1. The number of rotatable bonds is 4. The van der Waals surface area contributed by atoms with Crippen LogP contribution in [0.3, 0.4) is 0 Å². The minimum absolute atomic E-state index is 0.110. The molecule has 2 rings (SSSR count). The number of hydrogen-bond donors (Lipinski definition) is 1. The summed E-state index contributed by atoms with van der Waals surface area (Å²) < 4.78 is 0. The molecule has 1 saturated heterocycles. The number of amides is 1. The predicted octanol–water partition coefficient (Wildman–Crippen LogP) is 2.74. The van der Waals surface area contributed by atoms with Gasteiger partial charge in [0.2, 0.25) is 5.91 Å². The molecule has 5 nitrogen and oxygen atoms in total. The van der Waals surface area contributed by atoms with Crippen molar-refractivity contribution in [3.63, 3.8) is 0 Å². The highest BCUT2D eigenvalue weighted by Crippen LogP contribution is 2.24. The van der Waals surface area contributed by atoms with Crippen LogP contribution in [0.4, 0.5) is 5.69 Å². The number of nitrogens with zero attached hydrogens (tertiary/aromatic N) is 2. The Morgan fingerprint density at radius 2 is 1.96 bits per heavy atom. The Bertz CT molecular complexity index is 620. The molecule has 1 amide bonds. The van der Waals surface area contributed by atoms with Gasteiger partial charge in [0.05, 0.1) is 5.92 Å². The van der Waals surface area contributed by atoms with Crippen LogP contribution < -0.4 is 4.90 Å². The van der Waals surface area contributed by atoms with Crippen LogP contribution in [0.25, 0.3) is 6.08 Å². The number of hydrogen-bond acceptors (Lipinski definition) is 3. The molecule has 0 aliphatic carbocycles. The van der Waals surface area contributed by atoms with Gasteiger partial charge < -0.3 is 14.9 Å². The van der Waals surface area contributed by atoms with Gasteiger partial charge in [-0.2, -0.15) is 0 Å². The summed E-state index contributed by atoms with van der Waals surface area (Å²) >= 11 is 6.23. The number of likely N-dealkylation sites (tertiary alicyclic amines) is 1. The summed E-state index contributed by atoms with van der Waals surface area (Å²) in [6.45, 7) is 0.959. The second-order valence-electron chi connectivity index (χ2n) is 5.87. The van der Waals surface area contributed by atoms with Crippen molar-refractivity contribution in [3.8, 4) is 0 Å². The lowest BCUT2D eigenvalue weighted by atomic mass is 9.97. The van der Waals surface area contributed by atoms with Crippen LogP contribution in [0.1, 0.15) is 18.4 Å². The Morgan fingerprint density at radius 1 is 1.30 bits per heavy atom. The molecular weight excluding hydrogens is 316 g/mol. The average Bonchev–Trinajstić information content (AvgIpc) is 2.53. The lowest BCUT2D eigenvalue weighted by Crippen LogP contribution is -2.39. The van der Waals surface area contributed by atoms with Crippen LogP contribution >= 0.6 is 11.6 Å². The van der Waals surface area contributed by atoms with Crippen molar-refractivity contribution >= 4 is 35.2 Å². The van der Waals surface area contributed by atoms with Crippen molar-refractivity contribution in [2.24, 2.45) is 5.92 Å². The molecule has 0 atom stereocenters. The highest BCUT2D eigenvalue weighted by atomic mass is 35.5. The highest BCUT2D eigenvalue weighted by Gasteiger charge is 2.25. The molecule has 1 aliphatic heterocycles. The van der Waals surface area contributed by atoms with Gasteiger partial charge in [0, 0.05) is 44.0 Å². The van der Waals surface area contributed by atoms with E-state index in [-0.39, 0.29) is 11.8 Å². The Morgan fingerprint density at radius 3 is 2.48 bits per heavy atom. The fraction of sp³-hybridized carbons (Fsp3) is 0.412. The van der Waals surface area contributed by atoms with E-state index >= 15 is 0 Å². The standard InChI is InChI=1S/C17H21ClN2O3/c1-19(2)14-5-3-12(15(18)11-14)4-6-16(21)20-9-7-13(8-10-20)17(22)23/h3-6,11,13H,7-10H2,1-2H3,(H,22,23)/b6-4+. The molecule has 1 heterocycles. The number of benzene rings is 1. The van der Waals surface area contributed by atoms with Gasteiger partial charge in [-0.3, -0.25) is 9.59 Å². The largest absolute Gasteiger partial charge is 0.481 e. The van der Waals surface area contributed by atoms with Crippen molar-refractivity contribution in [1.82, 2.24) is 4.90 Å². The molecular formula is C17H21ClN2O3. The normalized spacial score (nSPS) is 15.9. The molecule has 0 saturated carbocycles. The van der Waals surface area contributed by atoms with Crippen molar-refractivity contribution in [2.45, 2.75) is 12.8 Å². The van der Waals surface area contributed by atoms with Crippen molar-refractivity contribution < 1.29 is 14.7 Å². The van der Waals surface area contributed by atoms with Crippen LogP contribution in [0.2, 0.25) is 5.02 Å². The Labute approximate surface area is 141 Å². The minimum Gasteiger partial charge on any atom is -0.481 e. The topological polar surface area (TPSA) is 60.9 Å². The molecule has 1 N–H and O–H groups in total. The second-order valence-corrected chi connectivity index (χ2v) is 6.28. The molecule has 1 aromatic rings. The first-order valence-corrected chi connectivity index (χ1v) is 7.93. The lowest BCUT2D eigenvalue weighted by Gasteiger charge is -2.29. The molecule has 0 unspecified atom stereocenters. The summed E-state index contributed by atoms with van der Waals surface area (Å²) in [5, 5.41) is 9.56. The monoisotopic (exact) mass is 336 g/mol. The maximum Gasteiger partial charge on any atom is 0.306 e. The zero-order valence-electron chi connectivity index (χ0n) is 13.3. The summed E-state index contributed by atoms with van der Waals surface area (Å²) in [6.07, 6.45) is 4.21. The van der Waals surface area contributed by atoms with Gasteiger partial charge in [-0.1, -0.05) is 17.7 Å². The zero-order chi connectivity index (χ0) is 17.0. The molecule has 6 heteroatoms. The summed E-state index contributed by atoms with van der Waals surface area (Å²) in [6, 6.07) is 5.66. The molecule has 1 aromatic carbocycles. The van der Waals surface area contributed by atoms with E-state index in [2.05, 4.69) is 0 Å². The summed E-state index contributed by atoms with van der Waals surface area (Å²) in [4.78, 5) is 26.7. The number of aliphatic carboxylic acids is 1. The van der Waals surface area contributed by atoms with Gasteiger partial charge in [-0.15, -0.1) is 0 Å². The van der Waals surface area contributed by atoms with E-state index < -0.39 is 5.97 Å². The van der Waals surface area contributed by atoms with Gasteiger partial charge >= 0.3 is 5.97 Å². The van der Waals surface area contributed by atoms with Gasteiger partial charge in [0.15, 0.2) is 0 Å². The number of carboxylic acids is 1. The van der Waals surface area contributed by atoms with Crippen LogP contribution in [0.15, 0.2) is 24.3 Å². The molecule has 0 radical (unpaired) electrons. The van der Waals surface area contributed by atoms with E-state index in [1.54, 1.807) is 11.0 Å². The molecule has 0 aromatic heterocycles. The molecule has 23 heavy (non-hydrogen) atoms. The SMILES string of the molecule is CN(C)c1ccc(/C=C/C(=O)N2CCC(C(=O)O)CC2)c(Cl)c1. The third-order valence-corrected chi connectivity index (χ3v) is 4.39. The van der Waals surface area contributed by atoms with Gasteiger partial charge in [0.1, 0.15) is 0 Å². The Hall–Kier alpha value is -2.01. The fourth-order valence-electron chi connectivity index (χ4n) is 2.54. The van der Waals surface area contributed by atoms with Crippen molar-refractivity contribution in [2.75, 3.05) is 32.1 Å². The average molecular weight is 337 g/mol. The predicted molar refractivity (Wildman–Crippen MR) is 91.8 cm³/mol. The highest BCUT2D eigenvalue weighted by molar-refractivity contribution is 6.32. The molecule has 1 aliphatic rings. The van der Waals surface area contributed by atoms with Crippen molar-refractivity contribution in [1.29, 1.82) is 0 Å². The summed E-state index contributed by atoms with van der Waals surface area (Å²) in [5.41, 5.74) is 1.78. The van der Waals surface area contributed by atoms with Crippen LogP contribution in [0, 0.1) is 5.92 Å². The molecule has 0 spiro atoms. The maximum atomic E-state index is 12.2. The van der Waals surface area contributed by atoms with Crippen LogP contribution in [0.5, 0.6) is 0 Å². The summed E-state index contributed by atoms with van der Waals surface area (Å²) in [5.74, 6) is -1.22. The zero-order valence-corrected chi connectivity index (χ0v) is 14.1. The summed E-state index contributed by atoms with van der Waals surface area (Å²) in [7, 11) is 3.87.